The van der Waals surface area contributed by atoms with Crippen molar-refractivity contribution in [1.29, 1.82) is 0 Å². The Kier molecular flexibility index (Phi) is 4.84. The van der Waals surface area contributed by atoms with E-state index in [1.165, 1.54) is 5.57 Å². The second kappa shape index (κ2) is 5.68. The normalized spacial score (nSPS) is 25.5. The first-order valence-electron chi connectivity index (χ1n) is 4.90. The topological polar surface area (TPSA) is 23.5 Å². The van der Waals surface area contributed by atoms with E-state index in [9.17, 15) is 5.11 Å². The zero-order valence-electron chi connectivity index (χ0n) is 8.08. The second-order valence-corrected chi connectivity index (χ2v) is 4.09. The molecule has 1 N–H and O–H groups in total. The number of hydrogen-bond acceptors (Lipinski definition) is 3. The van der Waals surface area contributed by atoms with Crippen LogP contribution in [0.1, 0.15) is 19.3 Å². The van der Waals surface area contributed by atoms with Crippen LogP contribution in [0.2, 0.25) is 0 Å². The smallest absolute Gasteiger partial charge is 0.0553 e. The van der Waals surface area contributed by atoms with E-state index in [4.69, 9.17) is 0 Å². The fourth-order valence-corrected chi connectivity index (χ4v) is 1.76. The molecule has 1 aliphatic heterocycles. The predicted octanol–water partition coefficient (Wildman–Crippen LogP) is 1.32. The van der Waals surface area contributed by atoms with E-state index in [-0.39, 0.29) is 6.10 Å². The highest BCUT2D eigenvalue weighted by atomic mass is 32.1. The van der Waals surface area contributed by atoms with Crippen LogP contribution < -0.4 is 0 Å². The summed E-state index contributed by atoms with van der Waals surface area (Å²) in [4.78, 5) is 2.36. The van der Waals surface area contributed by atoms with Crippen LogP contribution in [0.5, 0.6) is 0 Å². The SMILES string of the molecule is C=C(CS)CN1CCCC(O)CC1. The number of aliphatic hydroxyl groups excluding tert-OH is 1. The van der Waals surface area contributed by atoms with Crippen LogP contribution in [-0.4, -0.2) is 41.5 Å². The number of thiol groups is 1. The van der Waals surface area contributed by atoms with Gasteiger partial charge in [-0.1, -0.05) is 12.2 Å². The van der Waals surface area contributed by atoms with Crippen LogP contribution in [0.3, 0.4) is 0 Å². The molecular formula is C10H19NOS. The first kappa shape index (κ1) is 11.1. The lowest BCUT2D eigenvalue weighted by Crippen LogP contribution is -2.27. The van der Waals surface area contributed by atoms with Gasteiger partial charge in [0.25, 0.3) is 0 Å². The molecule has 0 saturated carbocycles. The van der Waals surface area contributed by atoms with E-state index in [1.54, 1.807) is 0 Å². The minimum Gasteiger partial charge on any atom is -0.393 e. The summed E-state index contributed by atoms with van der Waals surface area (Å²) in [6.45, 7) is 6.96. The molecular weight excluding hydrogens is 182 g/mol. The minimum atomic E-state index is -0.0886. The van der Waals surface area contributed by atoms with Gasteiger partial charge < -0.3 is 5.11 Å². The van der Waals surface area contributed by atoms with Crippen LogP contribution in [0.15, 0.2) is 12.2 Å². The summed E-state index contributed by atoms with van der Waals surface area (Å²) < 4.78 is 0. The van der Waals surface area contributed by atoms with Crippen molar-refractivity contribution in [3.8, 4) is 0 Å². The van der Waals surface area contributed by atoms with Crippen molar-refractivity contribution >= 4 is 12.6 Å². The molecule has 0 aliphatic carbocycles. The van der Waals surface area contributed by atoms with Gasteiger partial charge in [-0.2, -0.15) is 12.6 Å². The standard InChI is InChI=1S/C10H19NOS/c1-9(8-13)7-11-5-2-3-10(12)4-6-11/h10,12-13H,1-8H2. The highest BCUT2D eigenvalue weighted by Crippen LogP contribution is 2.11. The first-order chi connectivity index (χ1) is 6.22. The first-order valence-corrected chi connectivity index (χ1v) is 5.53. The number of likely N-dealkylation sites (tertiary alicyclic amines) is 1. The fourth-order valence-electron chi connectivity index (χ4n) is 1.66. The van der Waals surface area contributed by atoms with Crippen molar-refractivity contribution in [3.05, 3.63) is 12.2 Å². The van der Waals surface area contributed by atoms with Crippen molar-refractivity contribution in [1.82, 2.24) is 4.90 Å². The van der Waals surface area contributed by atoms with E-state index in [1.807, 2.05) is 0 Å². The lowest BCUT2D eigenvalue weighted by Gasteiger charge is -2.20. The highest BCUT2D eigenvalue weighted by molar-refractivity contribution is 7.80. The zero-order valence-corrected chi connectivity index (χ0v) is 8.97. The summed E-state index contributed by atoms with van der Waals surface area (Å²) in [5.74, 6) is 0.763. The summed E-state index contributed by atoms with van der Waals surface area (Å²) in [7, 11) is 0. The average molecular weight is 201 g/mol. The number of rotatable bonds is 3. The molecule has 0 amide bonds. The molecule has 1 atom stereocenters. The Morgan fingerprint density at radius 1 is 1.46 bits per heavy atom. The Morgan fingerprint density at radius 2 is 2.23 bits per heavy atom. The van der Waals surface area contributed by atoms with Gasteiger partial charge in [-0.15, -0.1) is 0 Å². The second-order valence-electron chi connectivity index (χ2n) is 3.77. The molecule has 0 aromatic carbocycles. The summed E-state index contributed by atoms with van der Waals surface area (Å²) in [6.07, 6.45) is 2.86. The Balaban J connectivity index is 2.29. The average Bonchev–Trinajstić information content (AvgIpc) is 2.31. The molecule has 1 heterocycles. The molecule has 1 rings (SSSR count). The molecule has 76 valence electrons. The number of hydrogen-bond donors (Lipinski definition) is 2. The molecule has 0 spiro atoms. The molecule has 13 heavy (non-hydrogen) atoms. The predicted molar refractivity (Wildman–Crippen MR) is 59.3 cm³/mol. The minimum absolute atomic E-state index is 0.0886. The maximum atomic E-state index is 9.43. The Hall–Kier alpha value is 0.01000. The van der Waals surface area contributed by atoms with Crippen LogP contribution >= 0.6 is 12.6 Å². The third-order valence-electron chi connectivity index (χ3n) is 2.46. The third kappa shape index (κ3) is 4.16. The van der Waals surface area contributed by atoms with Gasteiger partial charge in [0.15, 0.2) is 0 Å². The van der Waals surface area contributed by atoms with E-state index < -0.39 is 0 Å². The van der Waals surface area contributed by atoms with Crippen molar-refractivity contribution in [2.45, 2.75) is 25.4 Å². The molecule has 1 unspecified atom stereocenters. The zero-order chi connectivity index (χ0) is 9.68. The summed E-state index contributed by atoms with van der Waals surface area (Å²) in [5, 5.41) is 9.43. The molecule has 0 aromatic rings. The molecule has 0 radical (unpaired) electrons. The largest absolute Gasteiger partial charge is 0.393 e. The van der Waals surface area contributed by atoms with Gasteiger partial charge >= 0.3 is 0 Å². The Labute approximate surface area is 86.0 Å². The molecule has 1 fully saturated rings. The lowest BCUT2D eigenvalue weighted by atomic mass is 10.2. The quantitative estimate of drug-likeness (QED) is 0.531. The van der Waals surface area contributed by atoms with Gasteiger partial charge in [-0.25, -0.2) is 0 Å². The highest BCUT2D eigenvalue weighted by Gasteiger charge is 2.14. The molecule has 0 bridgehead atoms. The summed E-state index contributed by atoms with van der Waals surface area (Å²) >= 11 is 4.18. The van der Waals surface area contributed by atoms with Crippen LogP contribution in [0, 0.1) is 0 Å². The van der Waals surface area contributed by atoms with Crippen LogP contribution in [0.25, 0.3) is 0 Å². The molecule has 1 aliphatic rings. The fraction of sp³-hybridized carbons (Fsp3) is 0.800. The van der Waals surface area contributed by atoms with Crippen molar-refractivity contribution in [3.63, 3.8) is 0 Å². The van der Waals surface area contributed by atoms with Gasteiger partial charge in [0, 0.05) is 18.8 Å². The van der Waals surface area contributed by atoms with E-state index in [0.717, 1.165) is 44.6 Å². The molecule has 3 heteroatoms. The monoisotopic (exact) mass is 201 g/mol. The van der Waals surface area contributed by atoms with Gasteiger partial charge in [0.1, 0.15) is 0 Å². The Bertz CT molecular complexity index is 172. The molecule has 2 nitrogen and oxygen atoms in total. The van der Waals surface area contributed by atoms with Crippen LogP contribution in [-0.2, 0) is 0 Å². The number of nitrogens with zero attached hydrogens (tertiary/aromatic N) is 1. The van der Waals surface area contributed by atoms with Crippen molar-refractivity contribution in [2.24, 2.45) is 0 Å². The van der Waals surface area contributed by atoms with Gasteiger partial charge in [-0.3, -0.25) is 4.90 Å². The Morgan fingerprint density at radius 3 is 2.92 bits per heavy atom. The van der Waals surface area contributed by atoms with Gasteiger partial charge in [0.05, 0.1) is 6.10 Å². The van der Waals surface area contributed by atoms with Crippen molar-refractivity contribution < 1.29 is 5.11 Å². The summed E-state index contributed by atoms with van der Waals surface area (Å²) in [5.41, 5.74) is 1.17. The number of aliphatic hydroxyl groups is 1. The van der Waals surface area contributed by atoms with Crippen LogP contribution in [0.4, 0.5) is 0 Å². The summed E-state index contributed by atoms with van der Waals surface area (Å²) in [6, 6.07) is 0. The maximum Gasteiger partial charge on any atom is 0.0553 e. The van der Waals surface area contributed by atoms with E-state index in [2.05, 4.69) is 24.1 Å². The lowest BCUT2D eigenvalue weighted by molar-refractivity contribution is 0.156. The van der Waals surface area contributed by atoms with Gasteiger partial charge in [-0.05, 0) is 25.8 Å². The van der Waals surface area contributed by atoms with E-state index >= 15 is 0 Å². The molecule has 0 aromatic heterocycles. The third-order valence-corrected chi connectivity index (χ3v) is 2.91. The molecule has 1 saturated heterocycles. The maximum absolute atomic E-state index is 9.43. The van der Waals surface area contributed by atoms with E-state index in [0.29, 0.717) is 0 Å². The van der Waals surface area contributed by atoms with Crippen molar-refractivity contribution in [2.75, 3.05) is 25.4 Å². The van der Waals surface area contributed by atoms with Gasteiger partial charge in [0.2, 0.25) is 0 Å².